The molecule has 1 aromatic rings. The molecule has 96 valence electrons. The quantitative estimate of drug-likeness (QED) is 0.480. The number of benzene rings is 1. The van der Waals surface area contributed by atoms with Crippen LogP contribution in [0, 0.1) is 18.2 Å². The van der Waals surface area contributed by atoms with E-state index in [-0.39, 0.29) is 10.8 Å². The average Bonchev–Trinajstić information content (AvgIpc) is 2.30. The van der Waals surface area contributed by atoms with Gasteiger partial charge in [-0.3, -0.25) is 0 Å². The summed E-state index contributed by atoms with van der Waals surface area (Å²) in [6.07, 6.45) is 4.37. The van der Waals surface area contributed by atoms with Crippen molar-refractivity contribution in [2.24, 2.45) is 0 Å². The van der Waals surface area contributed by atoms with Gasteiger partial charge >= 0.3 is 0 Å². The number of hydrogen-bond donors (Lipinski definition) is 1. The van der Waals surface area contributed by atoms with Crippen molar-refractivity contribution >= 4 is 17.8 Å². The van der Waals surface area contributed by atoms with Gasteiger partial charge in [0.05, 0.1) is 5.02 Å². The van der Waals surface area contributed by atoms with E-state index in [1.165, 1.54) is 6.07 Å². The Kier molecular flexibility index (Phi) is 5.10. The number of rotatable bonds is 4. The maximum Gasteiger partial charge on any atom is 0.146 e. The van der Waals surface area contributed by atoms with Crippen molar-refractivity contribution in [3.63, 3.8) is 0 Å². The molecule has 0 atom stereocenters. The van der Waals surface area contributed by atoms with Crippen LogP contribution in [0.4, 0.5) is 4.39 Å². The fraction of sp³-hybridized carbons (Fsp3) is 0.214. The molecule has 0 aliphatic carbocycles. The van der Waals surface area contributed by atoms with Gasteiger partial charge in [-0.25, -0.2) is 4.39 Å². The van der Waals surface area contributed by atoms with Crippen molar-refractivity contribution in [1.82, 2.24) is 0 Å². The second-order valence-corrected chi connectivity index (χ2v) is 4.43. The van der Waals surface area contributed by atoms with Gasteiger partial charge in [-0.05, 0) is 56.2 Å². The van der Waals surface area contributed by atoms with Gasteiger partial charge in [-0.1, -0.05) is 11.6 Å². The highest BCUT2D eigenvalue weighted by atomic mass is 35.5. The molecule has 0 spiro atoms. The van der Waals surface area contributed by atoms with Gasteiger partial charge in [0.1, 0.15) is 17.3 Å². The minimum absolute atomic E-state index is 0.222. The van der Waals surface area contributed by atoms with Crippen LogP contribution in [0.15, 0.2) is 35.6 Å². The van der Waals surface area contributed by atoms with Crippen LogP contribution in [0.25, 0.3) is 0 Å². The number of allylic oxidation sites excluding steroid dienone is 3. The Morgan fingerprint density at radius 3 is 2.61 bits per heavy atom. The molecule has 0 unspecified atom stereocenters. The van der Waals surface area contributed by atoms with Crippen molar-refractivity contribution in [3.8, 4) is 5.75 Å². The molecule has 0 aromatic heterocycles. The van der Waals surface area contributed by atoms with Gasteiger partial charge in [0.15, 0.2) is 0 Å². The molecule has 4 heteroatoms. The van der Waals surface area contributed by atoms with Gasteiger partial charge in [0, 0.05) is 6.21 Å². The van der Waals surface area contributed by atoms with E-state index in [1.54, 1.807) is 25.1 Å². The first-order chi connectivity index (χ1) is 8.45. The van der Waals surface area contributed by atoms with Crippen LogP contribution in [0.2, 0.25) is 5.02 Å². The SMILES string of the molecule is CC(C)=C(/C=C\C=N)Oc1cc(C)c(F)cc1Cl. The van der Waals surface area contributed by atoms with Crippen molar-refractivity contribution in [3.05, 3.63) is 52.0 Å². The third kappa shape index (κ3) is 3.70. The number of ether oxygens (including phenoxy) is 1. The van der Waals surface area contributed by atoms with Crippen molar-refractivity contribution in [1.29, 1.82) is 5.41 Å². The molecule has 0 saturated heterocycles. The summed E-state index contributed by atoms with van der Waals surface area (Å²) in [6, 6.07) is 2.79. The zero-order chi connectivity index (χ0) is 13.7. The lowest BCUT2D eigenvalue weighted by atomic mass is 10.2. The Hall–Kier alpha value is -1.61. The number of hydrogen-bond acceptors (Lipinski definition) is 2. The minimum atomic E-state index is -0.360. The first kappa shape index (κ1) is 14.5. The van der Waals surface area contributed by atoms with Crippen molar-refractivity contribution < 1.29 is 9.13 Å². The van der Waals surface area contributed by atoms with Gasteiger partial charge < -0.3 is 10.1 Å². The van der Waals surface area contributed by atoms with Gasteiger partial charge in [-0.15, -0.1) is 0 Å². The molecule has 0 aliphatic rings. The van der Waals surface area contributed by atoms with Crippen molar-refractivity contribution in [2.75, 3.05) is 0 Å². The molecular formula is C14H15ClFNO. The summed E-state index contributed by atoms with van der Waals surface area (Å²) in [7, 11) is 0. The van der Waals surface area contributed by atoms with E-state index in [2.05, 4.69) is 0 Å². The Morgan fingerprint density at radius 1 is 1.39 bits per heavy atom. The highest BCUT2D eigenvalue weighted by molar-refractivity contribution is 6.32. The molecular weight excluding hydrogens is 253 g/mol. The highest BCUT2D eigenvalue weighted by Gasteiger charge is 2.08. The van der Waals surface area contributed by atoms with Crippen LogP contribution in [-0.4, -0.2) is 6.21 Å². The lowest BCUT2D eigenvalue weighted by Crippen LogP contribution is -1.97. The van der Waals surface area contributed by atoms with Crippen LogP contribution in [-0.2, 0) is 0 Å². The number of aryl methyl sites for hydroxylation is 1. The molecule has 1 aromatic carbocycles. The van der Waals surface area contributed by atoms with Crippen LogP contribution in [0.5, 0.6) is 5.75 Å². The Morgan fingerprint density at radius 2 is 2.06 bits per heavy atom. The normalized spacial score (nSPS) is 10.5. The summed E-state index contributed by atoms with van der Waals surface area (Å²) in [6.45, 7) is 5.41. The summed E-state index contributed by atoms with van der Waals surface area (Å²) < 4.78 is 18.9. The summed E-state index contributed by atoms with van der Waals surface area (Å²) in [5.74, 6) is 0.633. The fourth-order valence-electron chi connectivity index (χ4n) is 1.27. The first-order valence-corrected chi connectivity index (χ1v) is 5.81. The van der Waals surface area contributed by atoms with Crippen LogP contribution in [0.1, 0.15) is 19.4 Å². The lowest BCUT2D eigenvalue weighted by Gasteiger charge is -2.11. The molecule has 0 bridgehead atoms. The second kappa shape index (κ2) is 6.36. The van der Waals surface area contributed by atoms with Crippen LogP contribution < -0.4 is 4.74 Å². The van der Waals surface area contributed by atoms with Crippen molar-refractivity contribution in [2.45, 2.75) is 20.8 Å². The maximum atomic E-state index is 13.3. The predicted octanol–water partition coefficient (Wildman–Crippen LogP) is 4.67. The zero-order valence-corrected chi connectivity index (χ0v) is 11.3. The van der Waals surface area contributed by atoms with E-state index >= 15 is 0 Å². The molecule has 1 N–H and O–H groups in total. The third-order valence-electron chi connectivity index (χ3n) is 2.27. The maximum absolute atomic E-state index is 13.3. The zero-order valence-electron chi connectivity index (χ0n) is 10.6. The molecule has 0 heterocycles. The topological polar surface area (TPSA) is 33.1 Å². The molecule has 0 radical (unpaired) electrons. The Labute approximate surface area is 111 Å². The molecule has 0 fully saturated rings. The Bertz CT molecular complexity index is 517. The minimum Gasteiger partial charge on any atom is -0.456 e. The van der Waals surface area contributed by atoms with Crippen LogP contribution >= 0.6 is 11.6 Å². The van der Waals surface area contributed by atoms with Crippen LogP contribution in [0.3, 0.4) is 0 Å². The van der Waals surface area contributed by atoms with E-state index in [4.69, 9.17) is 21.7 Å². The van der Waals surface area contributed by atoms with Gasteiger partial charge in [0.2, 0.25) is 0 Å². The third-order valence-corrected chi connectivity index (χ3v) is 2.57. The molecule has 0 saturated carbocycles. The van der Waals surface area contributed by atoms with E-state index in [1.807, 2.05) is 13.8 Å². The highest BCUT2D eigenvalue weighted by Crippen LogP contribution is 2.29. The summed E-state index contributed by atoms with van der Waals surface area (Å²) in [4.78, 5) is 0. The largest absolute Gasteiger partial charge is 0.456 e. The Balaban J connectivity index is 3.09. The van der Waals surface area contributed by atoms with Gasteiger partial charge in [0.25, 0.3) is 0 Å². The second-order valence-electron chi connectivity index (χ2n) is 4.02. The smallest absolute Gasteiger partial charge is 0.146 e. The van der Waals surface area contributed by atoms with E-state index in [9.17, 15) is 4.39 Å². The fourth-order valence-corrected chi connectivity index (χ4v) is 1.45. The summed E-state index contributed by atoms with van der Waals surface area (Å²) >= 11 is 5.93. The summed E-state index contributed by atoms with van der Waals surface area (Å²) in [5.41, 5.74) is 1.41. The predicted molar refractivity (Wildman–Crippen MR) is 73.1 cm³/mol. The van der Waals surface area contributed by atoms with E-state index < -0.39 is 0 Å². The average molecular weight is 268 g/mol. The molecule has 0 aliphatic heterocycles. The van der Waals surface area contributed by atoms with Gasteiger partial charge in [-0.2, -0.15) is 0 Å². The lowest BCUT2D eigenvalue weighted by molar-refractivity contribution is 0.436. The molecule has 2 nitrogen and oxygen atoms in total. The van der Waals surface area contributed by atoms with E-state index in [0.29, 0.717) is 17.1 Å². The monoisotopic (exact) mass is 267 g/mol. The standard InChI is InChI=1S/C14H15ClFNO/c1-9(2)13(5-4-6-17)18-14-7-10(3)12(16)8-11(14)15/h4-8,17H,1-3H3/b5-4-,17-6?. The molecule has 0 amide bonds. The summed E-state index contributed by atoms with van der Waals surface area (Å²) in [5, 5.41) is 7.18. The molecule has 1 rings (SSSR count). The number of halogens is 2. The first-order valence-electron chi connectivity index (χ1n) is 5.43. The van der Waals surface area contributed by atoms with E-state index in [0.717, 1.165) is 11.8 Å². The molecule has 18 heavy (non-hydrogen) atoms. The number of nitrogens with one attached hydrogen (secondary N) is 1.